The zero-order valence-corrected chi connectivity index (χ0v) is 10.2. The van der Waals surface area contributed by atoms with Crippen LogP contribution in [0.2, 0.25) is 0 Å². The van der Waals surface area contributed by atoms with Gasteiger partial charge in [-0.3, -0.25) is 0 Å². The van der Waals surface area contributed by atoms with E-state index in [2.05, 4.69) is 32.0 Å². The molecular formula is C14H20O2. The first-order valence-corrected chi connectivity index (χ1v) is 5.96. The average Bonchev–Trinajstić information content (AvgIpc) is 2.67. The van der Waals surface area contributed by atoms with E-state index in [4.69, 9.17) is 4.74 Å². The largest absolute Gasteiger partial charge is 0.386 e. The lowest BCUT2D eigenvalue weighted by molar-refractivity contribution is -0.0181. The summed E-state index contributed by atoms with van der Waals surface area (Å²) in [5.41, 5.74) is 3.34. The van der Waals surface area contributed by atoms with Gasteiger partial charge in [-0.1, -0.05) is 30.7 Å². The third-order valence-electron chi connectivity index (χ3n) is 3.51. The Morgan fingerprint density at radius 2 is 2.12 bits per heavy atom. The smallest absolute Gasteiger partial charge is 0.106 e. The van der Waals surface area contributed by atoms with Gasteiger partial charge in [0.2, 0.25) is 0 Å². The van der Waals surface area contributed by atoms with Crippen molar-refractivity contribution < 1.29 is 9.84 Å². The molecule has 0 radical (unpaired) electrons. The second-order valence-electron chi connectivity index (χ2n) is 4.91. The summed E-state index contributed by atoms with van der Waals surface area (Å²) in [4.78, 5) is 0. The molecule has 1 saturated heterocycles. The molecule has 1 heterocycles. The first-order chi connectivity index (χ1) is 7.59. The summed E-state index contributed by atoms with van der Waals surface area (Å²) in [5, 5.41) is 10.4. The van der Waals surface area contributed by atoms with Crippen molar-refractivity contribution in [1.82, 2.24) is 0 Å². The van der Waals surface area contributed by atoms with Crippen LogP contribution in [0.1, 0.15) is 36.1 Å². The normalized spacial score (nSPS) is 27.0. The van der Waals surface area contributed by atoms with Gasteiger partial charge in [0, 0.05) is 6.61 Å². The maximum atomic E-state index is 10.4. The molecule has 0 spiro atoms. The summed E-state index contributed by atoms with van der Waals surface area (Å²) in [6.07, 6.45) is 0.518. The molecule has 1 aromatic carbocycles. The van der Waals surface area contributed by atoms with Crippen LogP contribution < -0.4 is 0 Å². The fourth-order valence-electron chi connectivity index (χ4n) is 2.38. The lowest BCUT2D eigenvalue weighted by atomic mass is 9.91. The molecule has 1 aliphatic heterocycles. The molecular weight excluding hydrogens is 200 g/mol. The number of aliphatic hydroxyl groups is 1. The summed E-state index contributed by atoms with van der Waals surface area (Å²) in [5.74, 6) is 0.440. The molecule has 3 atom stereocenters. The Morgan fingerprint density at radius 1 is 1.38 bits per heavy atom. The predicted octanol–water partition coefficient (Wildman–Crippen LogP) is 2.76. The number of aryl methyl sites for hydroxylation is 2. The molecule has 0 aliphatic carbocycles. The Bertz CT molecular complexity index is 373. The second-order valence-corrected chi connectivity index (χ2v) is 4.91. The van der Waals surface area contributed by atoms with Gasteiger partial charge in [0.05, 0.1) is 6.10 Å². The first kappa shape index (κ1) is 11.6. The lowest BCUT2D eigenvalue weighted by Gasteiger charge is -2.23. The van der Waals surface area contributed by atoms with Crippen LogP contribution in [-0.2, 0) is 4.74 Å². The molecule has 88 valence electrons. The summed E-state index contributed by atoms with van der Waals surface area (Å²) < 4.78 is 5.63. The maximum absolute atomic E-state index is 10.4. The molecule has 1 N–H and O–H groups in total. The van der Waals surface area contributed by atoms with Crippen molar-refractivity contribution in [3.63, 3.8) is 0 Å². The molecule has 3 unspecified atom stereocenters. The minimum atomic E-state index is -0.489. The van der Waals surface area contributed by atoms with Crippen LogP contribution in [-0.4, -0.2) is 17.8 Å². The molecule has 2 rings (SSSR count). The Kier molecular flexibility index (Phi) is 3.31. The van der Waals surface area contributed by atoms with Gasteiger partial charge in [0.1, 0.15) is 6.10 Å². The van der Waals surface area contributed by atoms with Crippen molar-refractivity contribution in [1.29, 1.82) is 0 Å². The van der Waals surface area contributed by atoms with Crippen LogP contribution in [0.25, 0.3) is 0 Å². The fourth-order valence-corrected chi connectivity index (χ4v) is 2.38. The monoisotopic (exact) mass is 220 g/mol. The van der Waals surface area contributed by atoms with Crippen LogP contribution >= 0.6 is 0 Å². The highest BCUT2D eigenvalue weighted by molar-refractivity contribution is 5.32. The highest BCUT2D eigenvalue weighted by Gasteiger charge is 2.32. The third kappa shape index (κ3) is 2.13. The van der Waals surface area contributed by atoms with E-state index in [9.17, 15) is 5.11 Å². The van der Waals surface area contributed by atoms with Gasteiger partial charge in [0.15, 0.2) is 0 Å². The molecule has 2 heteroatoms. The highest BCUT2D eigenvalue weighted by Crippen LogP contribution is 2.32. The quantitative estimate of drug-likeness (QED) is 0.830. The van der Waals surface area contributed by atoms with E-state index in [-0.39, 0.29) is 6.10 Å². The van der Waals surface area contributed by atoms with E-state index in [1.54, 1.807) is 0 Å². The molecule has 16 heavy (non-hydrogen) atoms. The summed E-state index contributed by atoms with van der Waals surface area (Å²) in [7, 11) is 0. The zero-order chi connectivity index (χ0) is 11.7. The molecule has 0 saturated carbocycles. The highest BCUT2D eigenvalue weighted by atomic mass is 16.5. The van der Waals surface area contributed by atoms with Crippen molar-refractivity contribution in [2.75, 3.05) is 6.61 Å². The number of hydrogen-bond donors (Lipinski definition) is 1. The van der Waals surface area contributed by atoms with Gasteiger partial charge in [0.25, 0.3) is 0 Å². The Hall–Kier alpha value is -0.860. The van der Waals surface area contributed by atoms with Crippen LogP contribution in [0.3, 0.4) is 0 Å². The third-order valence-corrected chi connectivity index (χ3v) is 3.51. The Balaban J connectivity index is 2.25. The number of hydrogen-bond acceptors (Lipinski definition) is 2. The van der Waals surface area contributed by atoms with Crippen LogP contribution in [0.15, 0.2) is 18.2 Å². The SMILES string of the molecule is Cc1ccc(C)c(C(O)C2OCCC2C)c1. The van der Waals surface area contributed by atoms with Crippen molar-refractivity contribution in [2.45, 2.75) is 39.4 Å². The van der Waals surface area contributed by atoms with Crippen LogP contribution in [0.4, 0.5) is 0 Å². The first-order valence-electron chi connectivity index (χ1n) is 5.96. The zero-order valence-electron chi connectivity index (χ0n) is 10.2. The number of aliphatic hydroxyl groups excluding tert-OH is 1. The van der Waals surface area contributed by atoms with Crippen molar-refractivity contribution in [3.05, 3.63) is 34.9 Å². The van der Waals surface area contributed by atoms with E-state index < -0.39 is 6.10 Å². The maximum Gasteiger partial charge on any atom is 0.106 e. The minimum Gasteiger partial charge on any atom is -0.386 e. The number of ether oxygens (including phenoxy) is 1. The molecule has 1 aliphatic rings. The van der Waals surface area contributed by atoms with Gasteiger partial charge >= 0.3 is 0 Å². The molecule has 2 nitrogen and oxygen atoms in total. The molecule has 1 fully saturated rings. The number of benzene rings is 1. The molecule has 0 amide bonds. The summed E-state index contributed by atoms with van der Waals surface area (Å²) in [6.45, 7) is 7.01. The van der Waals surface area contributed by atoms with E-state index in [1.807, 2.05) is 6.92 Å². The minimum absolute atomic E-state index is 0.0412. The van der Waals surface area contributed by atoms with Gasteiger partial charge in [-0.2, -0.15) is 0 Å². The predicted molar refractivity (Wildman–Crippen MR) is 64.4 cm³/mol. The lowest BCUT2D eigenvalue weighted by Crippen LogP contribution is -2.23. The van der Waals surface area contributed by atoms with Crippen LogP contribution in [0.5, 0.6) is 0 Å². The number of rotatable bonds is 2. The van der Waals surface area contributed by atoms with Gasteiger partial charge in [-0.15, -0.1) is 0 Å². The Morgan fingerprint density at radius 3 is 2.75 bits per heavy atom. The van der Waals surface area contributed by atoms with E-state index in [0.717, 1.165) is 24.2 Å². The standard InChI is InChI=1S/C14H20O2/c1-9-4-5-10(2)12(8-9)13(15)14-11(3)6-7-16-14/h4-5,8,11,13-15H,6-7H2,1-3H3. The van der Waals surface area contributed by atoms with Crippen LogP contribution in [0, 0.1) is 19.8 Å². The van der Waals surface area contributed by atoms with Crippen molar-refractivity contribution in [2.24, 2.45) is 5.92 Å². The second kappa shape index (κ2) is 4.56. The molecule has 0 bridgehead atoms. The van der Waals surface area contributed by atoms with Crippen molar-refractivity contribution in [3.8, 4) is 0 Å². The summed E-state index contributed by atoms with van der Waals surface area (Å²) >= 11 is 0. The van der Waals surface area contributed by atoms with E-state index in [0.29, 0.717) is 5.92 Å². The van der Waals surface area contributed by atoms with Gasteiger partial charge in [-0.25, -0.2) is 0 Å². The topological polar surface area (TPSA) is 29.5 Å². The van der Waals surface area contributed by atoms with Gasteiger partial charge < -0.3 is 9.84 Å². The van der Waals surface area contributed by atoms with Crippen molar-refractivity contribution >= 4 is 0 Å². The fraction of sp³-hybridized carbons (Fsp3) is 0.571. The summed E-state index contributed by atoms with van der Waals surface area (Å²) in [6, 6.07) is 6.20. The Labute approximate surface area is 97.3 Å². The average molecular weight is 220 g/mol. The van der Waals surface area contributed by atoms with E-state index >= 15 is 0 Å². The molecule has 1 aromatic rings. The molecule has 0 aromatic heterocycles. The van der Waals surface area contributed by atoms with E-state index in [1.165, 1.54) is 5.56 Å². The van der Waals surface area contributed by atoms with Gasteiger partial charge in [-0.05, 0) is 37.3 Å².